The van der Waals surface area contributed by atoms with Gasteiger partial charge in [0, 0.05) is 0 Å². The quantitative estimate of drug-likeness (QED) is 0.238. The second kappa shape index (κ2) is 13.5. The Labute approximate surface area is 171 Å². The summed E-state index contributed by atoms with van der Waals surface area (Å²) < 4.78 is 16.8. The van der Waals surface area contributed by atoms with Crippen LogP contribution in [0.25, 0.3) is 0 Å². The fourth-order valence-corrected chi connectivity index (χ4v) is 19.6. The third-order valence-electron chi connectivity index (χ3n) is 5.22. The summed E-state index contributed by atoms with van der Waals surface area (Å²) in [5, 5.41) is 0. The van der Waals surface area contributed by atoms with Crippen LogP contribution in [0.1, 0.15) is 73.1 Å². The average Bonchev–Trinajstić information content (AvgIpc) is 2.66. The zero-order chi connectivity index (χ0) is 20.1. The molecule has 0 saturated heterocycles. The van der Waals surface area contributed by atoms with Crippen LogP contribution in [0.3, 0.4) is 0 Å². The van der Waals surface area contributed by atoms with Gasteiger partial charge in [0.2, 0.25) is 0 Å². The van der Waals surface area contributed by atoms with Crippen molar-refractivity contribution in [1.82, 2.24) is 0 Å². The van der Waals surface area contributed by atoms with E-state index in [1.165, 1.54) is 51.8 Å². The average molecular weight is 483 g/mol. The number of hydrogen-bond acceptors (Lipinski definition) is 3. The number of carbonyl (C=O) groups is 1. The Morgan fingerprint density at radius 3 is 1.78 bits per heavy atom. The van der Waals surface area contributed by atoms with E-state index in [0.29, 0.717) is 0 Å². The van der Waals surface area contributed by atoms with Gasteiger partial charge in [-0.25, -0.2) is 0 Å². The van der Waals surface area contributed by atoms with Crippen LogP contribution in [0.2, 0.25) is 13.3 Å². The fourth-order valence-electron chi connectivity index (χ4n) is 3.70. The topological polar surface area (TPSA) is 35.5 Å². The molecule has 0 atom stereocenters. The predicted molar refractivity (Wildman–Crippen MR) is 118 cm³/mol. The molecule has 0 aliphatic heterocycles. The van der Waals surface area contributed by atoms with E-state index in [9.17, 15) is 4.79 Å². The molecule has 0 aromatic heterocycles. The molecular weight excluding hydrogens is 443 g/mol. The minimum atomic E-state index is -2.37. The molecule has 3 nitrogen and oxygen atoms in total. The first-order chi connectivity index (χ1) is 13.0. The molecule has 0 unspecified atom stereocenters. The van der Waals surface area contributed by atoms with Crippen LogP contribution in [0, 0.1) is 0 Å². The molecule has 0 bridgehead atoms. The van der Waals surface area contributed by atoms with Crippen LogP contribution in [0.4, 0.5) is 0 Å². The SMILES string of the molecule is CCC[CH2][Sn]([CH2]CCC)([CH2]CCC)[c]1ccc(OCC(=O)OC(C)C)cc1. The molecule has 1 rings (SSSR count). The van der Waals surface area contributed by atoms with Crippen molar-refractivity contribution in [1.29, 1.82) is 0 Å². The van der Waals surface area contributed by atoms with E-state index < -0.39 is 18.4 Å². The molecule has 0 aliphatic rings. The summed E-state index contributed by atoms with van der Waals surface area (Å²) in [6.45, 7) is 10.6. The number of ether oxygens (including phenoxy) is 2. The fraction of sp³-hybridized carbons (Fsp3) is 0.696. The number of hydrogen-bond donors (Lipinski definition) is 0. The maximum absolute atomic E-state index is 11.7. The predicted octanol–water partition coefficient (Wildman–Crippen LogP) is 6.07. The molecule has 154 valence electrons. The molecule has 27 heavy (non-hydrogen) atoms. The van der Waals surface area contributed by atoms with E-state index in [2.05, 4.69) is 45.0 Å². The molecule has 0 aliphatic carbocycles. The molecule has 1 aromatic rings. The van der Waals surface area contributed by atoms with Crippen LogP contribution < -0.4 is 8.32 Å². The van der Waals surface area contributed by atoms with Crippen molar-refractivity contribution < 1.29 is 14.3 Å². The van der Waals surface area contributed by atoms with Gasteiger partial charge in [-0.3, -0.25) is 0 Å². The Bertz CT molecular complexity index is 503. The molecule has 4 heteroatoms. The van der Waals surface area contributed by atoms with Gasteiger partial charge in [-0.15, -0.1) is 0 Å². The molecular formula is C23H40O3Sn. The summed E-state index contributed by atoms with van der Waals surface area (Å²) in [4.78, 5) is 11.7. The van der Waals surface area contributed by atoms with E-state index in [1.54, 1.807) is 3.58 Å². The van der Waals surface area contributed by atoms with E-state index >= 15 is 0 Å². The Hall–Kier alpha value is -0.711. The van der Waals surface area contributed by atoms with Crippen molar-refractivity contribution in [2.75, 3.05) is 6.61 Å². The Morgan fingerprint density at radius 2 is 1.37 bits per heavy atom. The van der Waals surface area contributed by atoms with Gasteiger partial charge in [0.05, 0.1) is 0 Å². The molecule has 0 fully saturated rings. The molecule has 0 spiro atoms. The van der Waals surface area contributed by atoms with E-state index in [1.807, 2.05) is 13.8 Å². The molecule has 0 radical (unpaired) electrons. The van der Waals surface area contributed by atoms with Crippen LogP contribution in [0.15, 0.2) is 24.3 Å². The summed E-state index contributed by atoms with van der Waals surface area (Å²) in [6, 6.07) is 8.74. The first-order valence-electron chi connectivity index (χ1n) is 10.9. The zero-order valence-electron chi connectivity index (χ0n) is 18.2. The number of unbranched alkanes of at least 4 members (excludes halogenated alkanes) is 3. The van der Waals surface area contributed by atoms with E-state index in [0.717, 1.165) is 5.75 Å². The zero-order valence-corrected chi connectivity index (χ0v) is 21.0. The standard InChI is InChI=1S/C11H13O3.3C4H9.Sn/c1-9(2)14-11(12)8-13-10-6-4-3-5-7-10;3*1-3-4-2;/h4-7,9H,8H2,1-2H3;3*1,3-4H2,2H3;. The molecule has 0 saturated carbocycles. The first kappa shape index (κ1) is 24.3. The van der Waals surface area contributed by atoms with Crippen molar-refractivity contribution in [3.63, 3.8) is 0 Å². The van der Waals surface area contributed by atoms with Gasteiger partial charge >= 0.3 is 171 Å². The van der Waals surface area contributed by atoms with E-state index in [-0.39, 0.29) is 18.7 Å². The van der Waals surface area contributed by atoms with Crippen LogP contribution >= 0.6 is 0 Å². The normalized spacial score (nSPS) is 11.6. The van der Waals surface area contributed by atoms with Gasteiger partial charge in [0.25, 0.3) is 0 Å². The number of carbonyl (C=O) groups excluding carboxylic acids is 1. The Morgan fingerprint density at radius 1 is 0.889 bits per heavy atom. The van der Waals surface area contributed by atoms with Crippen molar-refractivity contribution in [2.45, 2.75) is 92.6 Å². The number of esters is 1. The van der Waals surface area contributed by atoms with Crippen LogP contribution in [-0.4, -0.2) is 37.1 Å². The maximum atomic E-state index is 11.7. The van der Waals surface area contributed by atoms with Gasteiger partial charge in [-0.05, 0) is 0 Å². The number of benzene rings is 1. The monoisotopic (exact) mass is 484 g/mol. The Balaban J connectivity index is 2.89. The summed E-state index contributed by atoms with van der Waals surface area (Å²) in [5.41, 5.74) is 0. The summed E-state index contributed by atoms with van der Waals surface area (Å²) >= 11 is -2.37. The molecule has 0 heterocycles. The third-order valence-corrected chi connectivity index (χ3v) is 20.9. The van der Waals surface area contributed by atoms with Crippen LogP contribution in [0.5, 0.6) is 5.75 Å². The minimum absolute atomic E-state index is 0.0204. The van der Waals surface area contributed by atoms with Crippen molar-refractivity contribution in [3.05, 3.63) is 24.3 Å². The second-order valence-electron chi connectivity index (χ2n) is 7.94. The number of rotatable bonds is 14. The van der Waals surface area contributed by atoms with Crippen molar-refractivity contribution >= 4 is 27.9 Å². The van der Waals surface area contributed by atoms with Gasteiger partial charge in [-0.1, -0.05) is 0 Å². The summed E-state index contributed by atoms with van der Waals surface area (Å²) in [7, 11) is 0. The van der Waals surface area contributed by atoms with E-state index in [4.69, 9.17) is 9.47 Å². The summed E-state index contributed by atoms with van der Waals surface area (Å²) in [5.74, 6) is 0.456. The molecule has 0 amide bonds. The molecule has 1 aromatic carbocycles. The van der Waals surface area contributed by atoms with Crippen LogP contribution in [-0.2, 0) is 9.53 Å². The van der Waals surface area contributed by atoms with Gasteiger partial charge < -0.3 is 0 Å². The van der Waals surface area contributed by atoms with Crippen molar-refractivity contribution in [3.8, 4) is 5.75 Å². The van der Waals surface area contributed by atoms with Gasteiger partial charge in [-0.2, -0.15) is 0 Å². The first-order valence-corrected chi connectivity index (χ1v) is 18.4. The second-order valence-corrected chi connectivity index (χ2v) is 21.2. The van der Waals surface area contributed by atoms with Gasteiger partial charge in [0.15, 0.2) is 0 Å². The third kappa shape index (κ3) is 8.89. The summed E-state index contributed by atoms with van der Waals surface area (Å²) in [6.07, 6.45) is 7.85. The van der Waals surface area contributed by atoms with Crippen molar-refractivity contribution in [2.24, 2.45) is 0 Å². The Kier molecular flexibility index (Phi) is 12.1. The van der Waals surface area contributed by atoms with Gasteiger partial charge in [0.1, 0.15) is 0 Å². The molecule has 0 N–H and O–H groups in total.